The second kappa shape index (κ2) is 9.87. The van der Waals surface area contributed by atoms with E-state index in [1.807, 2.05) is 30.3 Å². The van der Waals surface area contributed by atoms with Gasteiger partial charge >= 0.3 is 17.9 Å². The molecule has 1 aromatic carbocycles. The van der Waals surface area contributed by atoms with Crippen LogP contribution in [0.15, 0.2) is 30.3 Å². The molecule has 6 N–H and O–H groups in total. The van der Waals surface area contributed by atoms with Gasteiger partial charge in [0.1, 0.15) is 24.7 Å². The molecule has 0 spiro atoms. The van der Waals surface area contributed by atoms with Crippen molar-refractivity contribution in [3.63, 3.8) is 0 Å². The minimum absolute atomic E-state index is 0.190. The van der Waals surface area contributed by atoms with Crippen LogP contribution in [0.25, 0.3) is 0 Å². The Bertz CT molecular complexity index is 591. The van der Waals surface area contributed by atoms with E-state index in [1.165, 1.54) is 0 Å². The number of esters is 3. The number of carbonyl (C=O) groups excluding carboxylic acids is 3. The van der Waals surface area contributed by atoms with Gasteiger partial charge in [0.15, 0.2) is 0 Å². The molecule has 8 heteroatoms. The summed E-state index contributed by atoms with van der Waals surface area (Å²) in [7, 11) is 0. The smallest absolute Gasteiger partial charge is 0.334 e. The molecule has 0 unspecified atom stereocenters. The van der Waals surface area contributed by atoms with E-state index in [9.17, 15) is 14.4 Å². The Morgan fingerprint density at radius 3 is 2.08 bits per heavy atom. The van der Waals surface area contributed by atoms with Crippen molar-refractivity contribution in [3.05, 3.63) is 35.9 Å². The molecule has 0 aliphatic carbocycles. The summed E-state index contributed by atoms with van der Waals surface area (Å²) in [6, 6.07) is 6.07. The van der Waals surface area contributed by atoms with Crippen molar-refractivity contribution < 1.29 is 23.9 Å². The lowest BCUT2D eigenvalue weighted by Crippen LogP contribution is -2.44. The van der Waals surface area contributed by atoms with Gasteiger partial charge in [-0.1, -0.05) is 44.2 Å². The number of rotatable bonds is 8. The zero-order chi connectivity index (χ0) is 19.0. The minimum Gasteiger partial charge on any atom is -0.462 e. The van der Waals surface area contributed by atoms with Crippen molar-refractivity contribution in [3.8, 4) is 0 Å². The summed E-state index contributed by atoms with van der Waals surface area (Å²) < 4.78 is 9.49. The second-order valence-electron chi connectivity index (χ2n) is 6.04. The Morgan fingerprint density at radius 1 is 0.920 bits per heavy atom. The van der Waals surface area contributed by atoms with Crippen LogP contribution in [0.3, 0.4) is 0 Å². The number of nitrogens with two attached hydrogens (primary N) is 3. The van der Waals surface area contributed by atoms with E-state index in [0.29, 0.717) is 6.42 Å². The monoisotopic (exact) mass is 351 g/mol. The highest BCUT2D eigenvalue weighted by Gasteiger charge is 2.26. The van der Waals surface area contributed by atoms with E-state index in [0.717, 1.165) is 5.56 Å². The first-order chi connectivity index (χ1) is 11.7. The third-order valence-corrected chi connectivity index (χ3v) is 3.50. The normalized spacial score (nSPS) is 14.5. The molecule has 0 aliphatic rings. The predicted molar refractivity (Wildman–Crippen MR) is 91.0 cm³/mol. The summed E-state index contributed by atoms with van der Waals surface area (Å²) in [6.45, 7) is 2.99. The van der Waals surface area contributed by atoms with E-state index in [1.54, 1.807) is 13.8 Å². The van der Waals surface area contributed by atoms with Gasteiger partial charge in [0.05, 0.1) is 0 Å². The van der Waals surface area contributed by atoms with Crippen molar-refractivity contribution in [1.29, 1.82) is 0 Å². The van der Waals surface area contributed by atoms with Crippen LogP contribution in [-0.2, 0) is 30.3 Å². The molecular formula is C17H25N3O5. The largest absolute Gasteiger partial charge is 0.462 e. The van der Waals surface area contributed by atoms with Gasteiger partial charge in [-0.15, -0.1) is 0 Å². The average Bonchev–Trinajstić information content (AvgIpc) is 2.58. The van der Waals surface area contributed by atoms with Gasteiger partial charge in [-0.2, -0.15) is 0 Å². The fourth-order valence-electron chi connectivity index (χ4n) is 1.81. The Morgan fingerprint density at radius 2 is 1.52 bits per heavy atom. The fourth-order valence-corrected chi connectivity index (χ4v) is 1.81. The van der Waals surface area contributed by atoms with Crippen LogP contribution in [0.4, 0.5) is 0 Å². The molecule has 0 amide bonds. The quantitative estimate of drug-likeness (QED) is 0.418. The number of ether oxygens (including phenoxy) is 2. The van der Waals surface area contributed by atoms with Gasteiger partial charge in [-0.3, -0.25) is 4.79 Å². The Kier molecular flexibility index (Phi) is 8.20. The summed E-state index contributed by atoms with van der Waals surface area (Å²) in [5.41, 5.74) is 17.8. The van der Waals surface area contributed by atoms with Crippen molar-refractivity contribution in [2.75, 3.05) is 6.61 Å². The second-order valence-corrected chi connectivity index (χ2v) is 6.04. The third kappa shape index (κ3) is 7.00. The molecule has 3 atom stereocenters. The van der Waals surface area contributed by atoms with Crippen molar-refractivity contribution in [2.24, 2.45) is 23.1 Å². The molecule has 8 nitrogen and oxygen atoms in total. The van der Waals surface area contributed by atoms with Gasteiger partial charge in [0, 0.05) is 0 Å². The topological polar surface area (TPSA) is 148 Å². The van der Waals surface area contributed by atoms with Crippen molar-refractivity contribution >= 4 is 17.9 Å². The van der Waals surface area contributed by atoms with Gasteiger partial charge < -0.3 is 26.7 Å². The molecule has 138 valence electrons. The molecule has 0 saturated heterocycles. The summed E-state index contributed by atoms with van der Waals surface area (Å²) in [6.07, 6.45) is 0.293. The van der Waals surface area contributed by atoms with Crippen LogP contribution < -0.4 is 17.2 Å². The molecule has 0 fully saturated rings. The predicted octanol–water partition coefficient (Wildman–Crippen LogP) is -0.520. The first-order valence-electron chi connectivity index (χ1n) is 7.95. The Hall–Kier alpha value is -2.29. The molecule has 0 heterocycles. The van der Waals surface area contributed by atoms with E-state index in [2.05, 4.69) is 4.74 Å². The van der Waals surface area contributed by atoms with Crippen LogP contribution in [0.2, 0.25) is 0 Å². The summed E-state index contributed by atoms with van der Waals surface area (Å²) >= 11 is 0. The van der Waals surface area contributed by atoms with Crippen LogP contribution in [-0.4, -0.2) is 42.6 Å². The molecule has 0 aliphatic heterocycles. The highest BCUT2D eigenvalue weighted by molar-refractivity contribution is 5.91. The lowest BCUT2D eigenvalue weighted by molar-refractivity contribution is -0.163. The molecule has 0 saturated carbocycles. The number of carbonyl (C=O) groups is 3. The van der Waals surface area contributed by atoms with Gasteiger partial charge in [0.25, 0.3) is 0 Å². The van der Waals surface area contributed by atoms with Gasteiger partial charge in [0.2, 0.25) is 0 Å². The van der Waals surface area contributed by atoms with Gasteiger partial charge in [-0.25, -0.2) is 9.59 Å². The highest BCUT2D eigenvalue weighted by atomic mass is 16.6. The third-order valence-electron chi connectivity index (χ3n) is 3.50. The fraction of sp³-hybridized carbons (Fsp3) is 0.471. The molecule has 1 aromatic rings. The average molecular weight is 351 g/mol. The minimum atomic E-state index is -1.30. The first-order valence-corrected chi connectivity index (χ1v) is 7.95. The van der Waals surface area contributed by atoms with Crippen molar-refractivity contribution in [2.45, 2.75) is 38.4 Å². The SMILES string of the molecule is CC(C)[C@H](N)C(=O)OC(=O)[C@@H](N)COC(=O)[C@@H](N)Cc1ccccc1. The first kappa shape index (κ1) is 20.8. The zero-order valence-corrected chi connectivity index (χ0v) is 14.4. The van der Waals surface area contributed by atoms with E-state index in [4.69, 9.17) is 21.9 Å². The lowest BCUT2D eigenvalue weighted by Gasteiger charge is -2.16. The van der Waals surface area contributed by atoms with Gasteiger partial charge in [-0.05, 0) is 17.9 Å². The Labute approximate surface area is 146 Å². The number of hydrogen-bond acceptors (Lipinski definition) is 8. The number of benzene rings is 1. The molecule has 0 aromatic heterocycles. The number of hydrogen-bond donors (Lipinski definition) is 3. The molecule has 0 bridgehead atoms. The molecular weight excluding hydrogens is 326 g/mol. The highest BCUT2D eigenvalue weighted by Crippen LogP contribution is 2.04. The van der Waals surface area contributed by atoms with E-state index >= 15 is 0 Å². The van der Waals surface area contributed by atoms with Crippen LogP contribution in [0.5, 0.6) is 0 Å². The maximum absolute atomic E-state index is 11.9. The van der Waals surface area contributed by atoms with Crippen molar-refractivity contribution in [1.82, 2.24) is 0 Å². The molecule has 1 rings (SSSR count). The van der Waals surface area contributed by atoms with Crippen LogP contribution in [0, 0.1) is 5.92 Å². The lowest BCUT2D eigenvalue weighted by atomic mass is 10.1. The molecule has 25 heavy (non-hydrogen) atoms. The zero-order valence-electron chi connectivity index (χ0n) is 14.4. The standard InChI is InChI=1S/C17H25N3O5/c1-10(2)14(20)17(23)25-16(22)13(19)9-24-15(21)12(18)8-11-6-4-3-5-7-11/h3-7,10,12-14H,8-9,18-20H2,1-2H3/t12-,13-,14-/m0/s1. The summed E-state index contributed by atoms with van der Waals surface area (Å²) in [5, 5.41) is 0. The van der Waals surface area contributed by atoms with E-state index in [-0.39, 0.29) is 5.92 Å². The van der Waals surface area contributed by atoms with Crippen LogP contribution in [0.1, 0.15) is 19.4 Å². The Balaban J connectivity index is 2.41. The summed E-state index contributed by atoms with van der Waals surface area (Å²) in [5.74, 6) is -2.77. The maximum Gasteiger partial charge on any atom is 0.334 e. The summed E-state index contributed by atoms with van der Waals surface area (Å²) in [4.78, 5) is 35.2. The molecule has 0 radical (unpaired) electrons. The maximum atomic E-state index is 11.9. The van der Waals surface area contributed by atoms with E-state index < -0.39 is 42.6 Å². The van der Waals surface area contributed by atoms with Crippen LogP contribution >= 0.6 is 0 Å².